The van der Waals surface area contributed by atoms with Crippen LogP contribution < -0.4 is 10.6 Å². The Hall–Kier alpha value is -1.75. The maximum Gasteiger partial charge on any atom is 0.253 e. The Morgan fingerprint density at radius 3 is 2.60 bits per heavy atom. The number of anilines is 2. The molecule has 1 amide bonds. The van der Waals surface area contributed by atoms with E-state index in [1.54, 1.807) is 6.07 Å². The molecule has 1 saturated heterocycles. The SMILES string of the molecule is CN1CCCN(C(=O)c2ccc(N(C)C)c(N)c2)CC1. The highest BCUT2D eigenvalue weighted by Gasteiger charge is 2.19. The highest BCUT2D eigenvalue weighted by molar-refractivity contribution is 5.96. The Morgan fingerprint density at radius 1 is 1.20 bits per heavy atom. The van der Waals surface area contributed by atoms with Crippen LogP contribution in [0.1, 0.15) is 16.8 Å². The number of nitrogens with two attached hydrogens (primary N) is 1. The summed E-state index contributed by atoms with van der Waals surface area (Å²) in [5, 5.41) is 0. The van der Waals surface area contributed by atoms with E-state index in [1.807, 2.05) is 36.0 Å². The summed E-state index contributed by atoms with van der Waals surface area (Å²) in [6.45, 7) is 3.58. The number of hydrogen-bond acceptors (Lipinski definition) is 4. The minimum atomic E-state index is 0.0808. The van der Waals surface area contributed by atoms with E-state index in [1.165, 1.54) is 0 Å². The molecule has 0 saturated carbocycles. The highest BCUT2D eigenvalue weighted by Crippen LogP contribution is 2.23. The molecule has 0 spiro atoms. The summed E-state index contributed by atoms with van der Waals surface area (Å²) in [4.78, 5) is 18.7. The molecule has 110 valence electrons. The lowest BCUT2D eigenvalue weighted by atomic mass is 10.1. The standard InChI is InChI=1S/C15H24N4O/c1-17(2)14-6-5-12(11-13(14)16)15(20)19-8-4-7-18(3)9-10-19/h5-6,11H,4,7-10,16H2,1-3H3. The average molecular weight is 276 g/mol. The number of amides is 1. The number of nitrogen functional groups attached to an aromatic ring is 1. The van der Waals surface area contributed by atoms with E-state index < -0.39 is 0 Å². The Labute approximate surface area is 120 Å². The van der Waals surface area contributed by atoms with Crippen molar-refractivity contribution in [2.75, 3.05) is 58.0 Å². The molecule has 0 atom stereocenters. The van der Waals surface area contributed by atoms with E-state index in [2.05, 4.69) is 11.9 Å². The first kappa shape index (κ1) is 14.7. The Balaban J connectivity index is 2.14. The van der Waals surface area contributed by atoms with Gasteiger partial charge in [0.25, 0.3) is 5.91 Å². The summed E-state index contributed by atoms with van der Waals surface area (Å²) in [7, 11) is 5.98. The molecule has 5 heteroatoms. The second-order valence-corrected chi connectivity index (χ2v) is 5.62. The minimum absolute atomic E-state index is 0.0808. The van der Waals surface area contributed by atoms with Crippen LogP contribution in [-0.4, -0.2) is 63.0 Å². The molecule has 1 aliphatic heterocycles. The largest absolute Gasteiger partial charge is 0.397 e. The number of carbonyl (C=O) groups is 1. The molecule has 1 aromatic rings. The average Bonchev–Trinajstić information content (AvgIpc) is 2.62. The van der Waals surface area contributed by atoms with Gasteiger partial charge < -0.3 is 20.4 Å². The predicted molar refractivity (Wildman–Crippen MR) is 83.2 cm³/mol. The minimum Gasteiger partial charge on any atom is -0.397 e. The van der Waals surface area contributed by atoms with Crippen molar-refractivity contribution in [3.63, 3.8) is 0 Å². The Kier molecular flexibility index (Phi) is 4.49. The lowest BCUT2D eigenvalue weighted by molar-refractivity contribution is 0.0763. The van der Waals surface area contributed by atoms with Crippen LogP contribution >= 0.6 is 0 Å². The summed E-state index contributed by atoms with van der Waals surface area (Å²) in [6.07, 6.45) is 1.02. The van der Waals surface area contributed by atoms with Crippen LogP contribution in [0.15, 0.2) is 18.2 Å². The van der Waals surface area contributed by atoms with Crippen molar-refractivity contribution in [2.45, 2.75) is 6.42 Å². The molecule has 0 aromatic heterocycles. The molecule has 0 unspecified atom stereocenters. The van der Waals surface area contributed by atoms with E-state index in [-0.39, 0.29) is 5.91 Å². The highest BCUT2D eigenvalue weighted by atomic mass is 16.2. The fourth-order valence-electron chi connectivity index (χ4n) is 2.53. The van der Waals surface area contributed by atoms with Gasteiger partial charge >= 0.3 is 0 Å². The van der Waals surface area contributed by atoms with Crippen molar-refractivity contribution in [3.8, 4) is 0 Å². The third kappa shape index (κ3) is 3.22. The molecule has 1 aliphatic rings. The number of rotatable bonds is 2. The first-order valence-electron chi connectivity index (χ1n) is 7.03. The van der Waals surface area contributed by atoms with E-state index in [9.17, 15) is 4.79 Å². The molecule has 20 heavy (non-hydrogen) atoms. The van der Waals surface area contributed by atoms with Crippen molar-refractivity contribution in [2.24, 2.45) is 0 Å². The molecule has 0 aliphatic carbocycles. The van der Waals surface area contributed by atoms with E-state index in [0.29, 0.717) is 11.3 Å². The van der Waals surface area contributed by atoms with Crippen LogP contribution in [0.4, 0.5) is 11.4 Å². The molecule has 2 N–H and O–H groups in total. The van der Waals surface area contributed by atoms with Gasteiger partial charge in [-0.05, 0) is 38.2 Å². The number of likely N-dealkylation sites (N-methyl/N-ethyl adjacent to an activating group) is 1. The van der Waals surface area contributed by atoms with Crippen molar-refractivity contribution in [1.29, 1.82) is 0 Å². The van der Waals surface area contributed by atoms with Gasteiger partial charge in [0.1, 0.15) is 0 Å². The molecule has 5 nitrogen and oxygen atoms in total. The van der Waals surface area contributed by atoms with Gasteiger partial charge in [0.15, 0.2) is 0 Å². The monoisotopic (exact) mass is 276 g/mol. The summed E-state index contributed by atoms with van der Waals surface area (Å²) in [5.41, 5.74) is 8.29. The molecule has 1 aromatic carbocycles. The van der Waals surface area contributed by atoms with E-state index in [4.69, 9.17) is 5.73 Å². The van der Waals surface area contributed by atoms with Gasteiger partial charge in [0.05, 0.1) is 11.4 Å². The smallest absolute Gasteiger partial charge is 0.253 e. The fourth-order valence-corrected chi connectivity index (χ4v) is 2.53. The van der Waals surface area contributed by atoms with Gasteiger partial charge in [-0.2, -0.15) is 0 Å². The van der Waals surface area contributed by atoms with Crippen LogP contribution in [0.5, 0.6) is 0 Å². The number of nitrogens with zero attached hydrogens (tertiary/aromatic N) is 3. The van der Waals surface area contributed by atoms with Gasteiger partial charge in [-0.3, -0.25) is 4.79 Å². The van der Waals surface area contributed by atoms with Crippen molar-refractivity contribution < 1.29 is 4.79 Å². The zero-order valence-electron chi connectivity index (χ0n) is 12.6. The lowest BCUT2D eigenvalue weighted by Gasteiger charge is -2.22. The summed E-state index contributed by atoms with van der Waals surface area (Å²) < 4.78 is 0. The summed E-state index contributed by atoms with van der Waals surface area (Å²) >= 11 is 0. The molecule has 1 heterocycles. The summed E-state index contributed by atoms with van der Waals surface area (Å²) in [6, 6.07) is 5.56. The van der Waals surface area contributed by atoms with Crippen LogP contribution in [0.3, 0.4) is 0 Å². The summed E-state index contributed by atoms with van der Waals surface area (Å²) in [5.74, 6) is 0.0808. The van der Waals surface area contributed by atoms with Gasteiger partial charge in [-0.25, -0.2) is 0 Å². The van der Waals surface area contributed by atoms with E-state index in [0.717, 1.165) is 38.3 Å². The number of carbonyl (C=O) groups excluding carboxylic acids is 1. The normalized spacial score (nSPS) is 16.9. The van der Waals surface area contributed by atoms with Crippen molar-refractivity contribution >= 4 is 17.3 Å². The molecular weight excluding hydrogens is 252 g/mol. The topological polar surface area (TPSA) is 52.8 Å². The Morgan fingerprint density at radius 2 is 1.95 bits per heavy atom. The van der Waals surface area contributed by atoms with Crippen molar-refractivity contribution in [1.82, 2.24) is 9.80 Å². The zero-order chi connectivity index (χ0) is 14.7. The Bertz CT molecular complexity index is 487. The van der Waals surface area contributed by atoms with Gasteiger partial charge in [0.2, 0.25) is 0 Å². The third-order valence-corrected chi connectivity index (χ3v) is 3.76. The first-order valence-corrected chi connectivity index (χ1v) is 7.03. The maximum absolute atomic E-state index is 12.5. The molecule has 0 bridgehead atoms. The second kappa shape index (κ2) is 6.13. The second-order valence-electron chi connectivity index (χ2n) is 5.62. The predicted octanol–water partition coefficient (Wildman–Crippen LogP) is 1.11. The van der Waals surface area contributed by atoms with Gasteiger partial charge in [-0.1, -0.05) is 0 Å². The lowest BCUT2D eigenvalue weighted by Crippen LogP contribution is -2.34. The van der Waals surface area contributed by atoms with Crippen molar-refractivity contribution in [3.05, 3.63) is 23.8 Å². The molecule has 2 rings (SSSR count). The number of hydrogen-bond donors (Lipinski definition) is 1. The number of benzene rings is 1. The first-order chi connectivity index (χ1) is 9.49. The van der Waals surface area contributed by atoms with Crippen LogP contribution in [-0.2, 0) is 0 Å². The van der Waals surface area contributed by atoms with Crippen LogP contribution in [0.2, 0.25) is 0 Å². The molecule has 0 radical (unpaired) electrons. The third-order valence-electron chi connectivity index (χ3n) is 3.76. The van der Waals surface area contributed by atoms with Crippen LogP contribution in [0, 0.1) is 0 Å². The zero-order valence-corrected chi connectivity index (χ0v) is 12.6. The quantitative estimate of drug-likeness (QED) is 0.822. The molecule has 1 fully saturated rings. The molecular formula is C15H24N4O. The van der Waals surface area contributed by atoms with Crippen LogP contribution in [0.25, 0.3) is 0 Å². The van der Waals surface area contributed by atoms with Gasteiger partial charge in [0, 0.05) is 39.3 Å². The van der Waals surface area contributed by atoms with Gasteiger partial charge in [-0.15, -0.1) is 0 Å². The fraction of sp³-hybridized carbons (Fsp3) is 0.533. The van der Waals surface area contributed by atoms with E-state index >= 15 is 0 Å². The maximum atomic E-state index is 12.5.